The van der Waals surface area contributed by atoms with Gasteiger partial charge in [-0.05, 0) is 48.5 Å². The largest absolute Gasteiger partial charge is 0.422 e. The molecule has 27 heavy (non-hydrogen) atoms. The number of benzene rings is 2. The molecule has 0 bridgehead atoms. The molecule has 4 N–H and O–H groups in total. The molecule has 2 aromatic heterocycles. The van der Waals surface area contributed by atoms with Crippen LogP contribution in [0.2, 0.25) is 0 Å². The van der Waals surface area contributed by atoms with Gasteiger partial charge in [-0.2, -0.15) is 0 Å². The molecule has 0 atom stereocenters. The second-order valence-electron chi connectivity index (χ2n) is 5.89. The fraction of sp³-hybridized carbons (Fsp3) is 0. The highest BCUT2D eigenvalue weighted by atomic mass is 32.2. The summed E-state index contributed by atoms with van der Waals surface area (Å²) in [7, 11) is -4.50. The molecule has 4 aromatic rings. The van der Waals surface area contributed by atoms with Crippen molar-refractivity contribution in [2.45, 2.75) is 9.79 Å². The van der Waals surface area contributed by atoms with Crippen LogP contribution in [0.25, 0.3) is 21.9 Å². The summed E-state index contributed by atoms with van der Waals surface area (Å²) >= 11 is 0. The predicted octanol–water partition coefficient (Wildman–Crippen LogP) is 1.90. The fourth-order valence-corrected chi connectivity index (χ4v) is 4.06. The number of hydrogen-bond acceptors (Lipinski definition) is 8. The Kier molecular flexibility index (Phi) is 3.57. The van der Waals surface area contributed by atoms with Crippen LogP contribution >= 0.6 is 0 Å². The maximum atomic E-state index is 13.0. The van der Waals surface area contributed by atoms with Crippen LogP contribution in [0.4, 0.5) is 11.4 Å². The summed E-state index contributed by atoms with van der Waals surface area (Å²) in [5.74, 6) is 0. The summed E-state index contributed by atoms with van der Waals surface area (Å²) < 4.78 is 36.0. The Morgan fingerprint density at radius 2 is 1.07 bits per heavy atom. The van der Waals surface area contributed by atoms with Gasteiger partial charge in [0.25, 0.3) is 0 Å². The number of fused-ring (bicyclic) bond motifs is 2. The van der Waals surface area contributed by atoms with E-state index in [0.717, 1.165) is 12.1 Å². The van der Waals surface area contributed by atoms with E-state index in [1.54, 1.807) is 0 Å². The minimum Gasteiger partial charge on any atom is -0.422 e. The van der Waals surface area contributed by atoms with Gasteiger partial charge in [-0.15, -0.1) is 0 Å². The molecule has 0 fully saturated rings. The first-order valence-corrected chi connectivity index (χ1v) is 9.16. The van der Waals surface area contributed by atoms with Crippen molar-refractivity contribution in [2.75, 3.05) is 11.5 Å². The molecule has 0 aliphatic heterocycles. The molecule has 0 aliphatic rings. The van der Waals surface area contributed by atoms with Crippen molar-refractivity contribution in [1.29, 1.82) is 0 Å². The van der Waals surface area contributed by atoms with Gasteiger partial charge in [-0.1, -0.05) is 0 Å². The van der Waals surface area contributed by atoms with E-state index in [0.29, 0.717) is 22.1 Å². The highest BCUT2D eigenvalue weighted by Crippen LogP contribution is 2.24. The molecule has 0 radical (unpaired) electrons. The van der Waals surface area contributed by atoms with Crippen molar-refractivity contribution >= 4 is 43.2 Å². The van der Waals surface area contributed by atoms with Gasteiger partial charge in [-0.25, -0.2) is 18.0 Å². The van der Waals surface area contributed by atoms with Crippen LogP contribution in [0.3, 0.4) is 0 Å². The maximum Gasteiger partial charge on any atom is 0.355 e. The monoisotopic (exact) mass is 384 g/mol. The van der Waals surface area contributed by atoms with Crippen LogP contribution in [0, 0.1) is 0 Å². The maximum absolute atomic E-state index is 13.0. The quantitative estimate of drug-likeness (QED) is 0.393. The molecule has 4 rings (SSSR count). The van der Waals surface area contributed by atoms with Crippen molar-refractivity contribution in [1.82, 2.24) is 0 Å². The molecule has 0 amide bonds. The van der Waals surface area contributed by atoms with Gasteiger partial charge >= 0.3 is 11.3 Å². The first kappa shape index (κ1) is 16.9. The van der Waals surface area contributed by atoms with E-state index in [-0.39, 0.29) is 11.2 Å². The molecule has 0 spiro atoms. The van der Waals surface area contributed by atoms with Crippen molar-refractivity contribution in [3.8, 4) is 0 Å². The molecule has 2 aromatic carbocycles. The van der Waals surface area contributed by atoms with Crippen LogP contribution in [-0.4, -0.2) is 8.42 Å². The van der Waals surface area contributed by atoms with Gasteiger partial charge in [0, 0.05) is 22.1 Å². The third-order valence-electron chi connectivity index (χ3n) is 4.03. The Bertz CT molecular complexity index is 1350. The van der Waals surface area contributed by atoms with Gasteiger partial charge in [0.15, 0.2) is 9.79 Å². The molecule has 0 saturated heterocycles. The number of nitrogen functional groups attached to an aromatic ring is 2. The lowest BCUT2D eigenvalue weighted by molar-refractivity contribution is 0.521. The first-order valence-electron chi connectivity index (χ1n) is 7.67. The van der Waals surface area contributed by atoms with Crippen molar-refractivity contribution in [3.63, 3.8) is 0 Å². The Hall–Kier alpha value is -3.59. The summed E-state index contributed by atoms with van der Waals surface area (Å²) in [6, 6.07) is 11.1. The zero-order chi connectivity index (χ0) is 19.3. The molecular weight excluding hydrogens is 372 g/mol. The minimum atomic E-state index is -4.50. The average molecular weight is 384 g/mol. The van der Waals surface area contributed by atoms with Crippen LogP contribution < -0.4 is 22.7 Å². The molecule has 0 unspecified atom stereocenters. The van der Waals surface area contributed by atoms with Crippen molar-refractivity contribution < 1.29 is 17.3 Å². The van der Waals surface area contributed by atoms with Crippen LogP contribution in [0.5, 0.6) is 0 Å². The summed E-state index contributed by atoms with van der Waals surface area (Å²) in [5.41, 5.74) is 10.2. The summed E-state index contributed by atoms with van der Waals surface area (Å²) in [5, 5.41) is 0.616. The van der Waals surface area contributed by atoms with Crippen LogP contribution in [-0.2, 0) is 9.84 Å². The Balaban J connectivity index is 2.01. The molecule has 136 valence electrons. The Labute approximate surface area is 151 Å². The summed E-state index contributed by atoms with van der Waals surface area (Å²) in [6.07, 6.45) is 0. The van der Waals surface area contributed by atoms with E-state index in [9.17, 15) is 18.0 Å². The SMILES string of the molecule is Nc1ccc2oc(=O)c(S(=O)(=O)c3cc4cc(N)ccc4oc3=O)cc2c1. The van der Waals surface area contributed by atoms with E-state index in [1.807, 2.05) is 0 Å². The first-order chi connectivity index (χ1) is 12.8. The van der Waals surface area contributed by atoms with Crippen molar-refractivity contribution in [2.24, 2.45) is 0 Å². The van der Waals surface area contributed by atoms with E-state index in [1.165, 1.54) is 36.4 Å². The van der Waals surface area contributed by atoms with E-state index in [4.69, 9.17) is 20.3 Å². The smallest absolute Gasteiger partial charge is 0.355 e. The Morgan fingerprint density at radius 3 is 1.48 bits per heavy atom. The lowest BCUT2D eigenvalue weighted by Gasteiger charge is -2.06. The molecule has 9 heteroatoms. The summed E-state index contributed by atoms with van der Waals surface area (Å²) in [6.45, 7) is 0. The van der Waals surface area contributed by atoms with E-state index < -0.39 is 30.9 Å². The number of rotatable bonds is 2. The summed E-state index contributed by atoms with van der Waals surface area (Å²) in [4.78, 5) is 23.1. The standard InChI is InChI=1S/C18H12N2O6S/c19-11-1-3-13-9(5-11)7-15(17(21)25-13)27(23,24)16-8-10-6-12(20)2-4-14(10)26-18(16)22/h1-8H,19-20H2. The highest BCUT2D eigenvalue weighted by molar-refractivity contribution is 7.91. The predicted molar refractivity (Wildman–Crippen MR) is 99.2 cm³/mol. The molecular formula is C18H12N2O6S. The van der Waals surface area contributed by atoms with Crippen LogP contribution in [0.1, 0.15) is 0 Å². The molecule has 2 heterocycles. The number of hydrogen-bond donors (Lipinski definition) is 2. The minimum absolute atomic E-state index is 0.173. The van der Waals surface area contributed by atoms with Gasteiger partial charge < -0.3 is 20.3 Å². The average Bonchev–Trinajstić information content (AvgIpc) is 2.61. The Morgan fingerprint density at radius 1 is 0.667 bits per heavy atom. The number of sulfone groups is 1. The lowest BCUT2D eigenvalue weighted by atomic mass is 10.2. The van der Waals surface area contributed by atoms with E-state index in [2.05, 4.69) is 0 Å². The highest BCUT2D eigenvalue weighted by Gasteiger charge is 2.27. The fourth-order valence-electron chi connectivity index (χ4n) is 2.74. The third kappa shape index (κ3) is 2.74. The molecule has 0 aliphatic carbocycles. The van der Waals surface area contributed by atoms with Gasteiger partial charge in [0.2, 0.25) is 9.84 Å². The third-order valence-corrected chi connectivity index (χ3v) is 5.75. The van der Waals surface area contributed by atoms with Crippen molar-refractivity contribution in [3.05, 3.63) is 69.4 Å². The zero-order valence-electron chi connectivity index (χ0n) is 13.6. The van der Waals surface area contributed by atoms with Gasteiger partial charge in [-0.3, -0.25) is 0 Å². The normalized spacial score (nSPS) is 11.9. The molecule has 0 saturated carbocycles. The second-order valence-corrected chi connectivity index (χ2v) is 7.78. The topological polar surface area (TPSA) is 147 Å². The number of nitrogens with two attached hydrogens (primary N) is 2. The van der Waals surface area contributed by atoms with Gasteiger partial charge in [0.05, 0.1) is 0 Å². The zero-order valence-corrected chi connectivity index (χ0v) is 14.4. The van der Waals surface area contributed by atoms with Crippen LogP contribution in [0.15, 0.2) is 76.7 Å². The second kappa shape index (κ2) is 5.71. The van der Waals surface area contributed by atoms with E-state index >= 15 is 0 Å². The molecule has 8 nitrogen and oxygen atoms in total. The van der Waals surface area contributed by atoms with Gasteiger partial charge in [0.1, 0.15) is 11.2 Å². The number of anilines is 2. The lowest BCUT2D eigenvalue weighted by Crippen LogP contribution is -2.20.